The zero-order valence-corrected chi connectivity index (χ0v) is 9.32. The molecule has 0 amide bonds. The Morgan fingerprint density at radius 1 is 1.33 bits per heavy atom. The van der Waals surface area contributed by atoms with Gasteiger partial charge in [0.1, 0.15) is 6.10 Å². The maximum atomic E-state index is 11.2. The van der Waals surface area contributed by atoms with E-state index in [1.807, 2.05) is 0 Å². The summed E-state index contributed by atoms with van der Waals surface area (Å²) in [5.74, 6) is 0. The number of aliphatic hydroxyl groups is 2. The van der Waals surface area contributed by atoms with Crippen molar-refractivity contribution in [1.29, 1.82) is 0 Å². The molecule has 2 atom stereocenters. The summed E-state index contributed by atoms with van der Waals surface area (Å²) < 4.78 is 0. The van der Waals surface area contributed by atoms with E-state index in [4.69, 9.17) is 0 Å². The summed E-state index contributed by atoms with van der Waals surface area (Å²) >= 11 is 3.10. The fraction of sp³-hybridized carbons (Fsp3) is 0.500. The predicted molar refractivity (Wildman–Crippen MR) is 57.1 cm³/mol. The molecule has 0 aromatic carbocycles. The van der Waals surface area contributed by atoms with Crippen LogP contribution in [-0.4, -0.2) is 31.8 Å². The molecule has 0 aliphatic heterocycles. The fourth-order valence-electron chi connectivity index (χ4n) is 1.13. The van der Waals surface area contributed by atoms with Gasteiger partial charge >= 0.3 is 0 Å². The number of alkyl halides is 1. The Morgan fingerprint density at radius 3 is 2.60 bits per heavy atom. The molecule has 0 saturated carbocycles. The predicted octanol–water partition coefficient (Wildman–Crippen LogP) is -0.758. The van der Waals surface area contributed by atoms with Crippen LogP contribution in [0.15, 0.2) is 15.7 Å². The molecule has 0 bridgehead atoms. The molecule has 2 unspecified atom stereocenters. The number of aromatic amines is 2. The summed E-state index contributed by atoms with van der Waals surface area (Å²) in [6.45, 7) is 0. The van der Waals surface area contributed by atoms with Gasteiger partial charge in [0.15, 0.2) is 0 Å². The van der Waals surface area contributed by atoms with Crippen LogP contribution < -0.4 is 11.1 Å². The Bertz CT molecular complexity index is 427. The van der Waals surface area contributed by atoms with E-state index in [2.05, 4.69) is 26.1 Å². The van der Waals surface area contributed by atoms with Crippen LogP contribution in [-0.2, 0) is 0 Å². The Labute approximate surface area is 93.1 Å². The molecule has 0 radical (unpaired) electrons. The fourth-order valence-corrected chi connectivity index (χ4v) is 1.60. The van der Waals surface area contributed by atoms with Crippen LogP contribution in [0.5, 0.6) is 0 Å². The minimum absolute atomic E-state index is 0.132. The molecular weight excluding hydrogens is 268 g/mol. The maximum absolute atomic E-state index is 11.2. The Hall–Kier alpha value is -0.920. The molecule has 6 nitrogen and oxygen atoms in total. The molecular formula is C8H11BrN2O4. The van der Waals surface area contributed by atoms with Gasteiger partial charge in [-0.25, -0.2) is 0 Å². The van der Waals surface area contributed by atoms with Crippen LogP contribution in [0, 0.1) is 0 Å². The van der Waals surface area contributed by atoms with Gasteiger partial charge in [0.25, 0.3) is 11.1 Å². The van der Waals surface area contributed by atoms with Crippen LogP contribution >= 0.6 is 15.9 Å². The number of rotatable bonds is 4. The molecule has 4 N–H and O–H groups in total. The zero-order chi connectivity index (χ0) is 11.4. The largest absolute Gasteiger partial charge is 0.390 e. The van der Waals surface area contributed by atoms with Crippen LogP contribution in [0.2, 0.25) is 0 Å². The molecule has 0 spiro atoms. The molecule has 0 fully saturated rings. The van der Waals surface area contributed by atoms with Gasteiger partial charge < -0.3 is 10.2 Å². The van der Waals surface area contributed by atoms with E-state index in [0.717, 1.165) is 6.07 Å². The third kappa shape index (κ3) is 3.01. The van der Waals surface area contributed by atoms with Crippen LogP contribution in [0.3, 0.4) is 0 Å². The number of hydrogen-bond acceptors (Lipinski definition) is 4. The minimum Gasteiger partial charge on any atom is -0.390 e. The van der Waals surface area contributed by atoms with Crippen molar-refractivity contribution in [2.24, 2.45) is 0 Å². The van der Waals surface area contributed by atoms with Crippen LogP contribution in [0.1, 0.15) is 18.1 Å². The minimum atomic E-state index is -1.35. The summed E-state index contributed by atoms with van der Waals surface area (Å²) in [7, 11) is 0. The summed E-state index contributed by atoms with van der Waals surface area (Å²) in [6.07, 6.45) is -2.14. The first kappa shape index (κ1) is 12.2. The van der Waals surface area contributed by atoms with Gasteiger partial charge in [-0.15, -0.1) is 0 Å². The number of nitrogens with one attached hydrogen (secondary N) is 2. The second-order valence-corrected chi connectivity index (χ2v) is 3.83. The van der Waals surface area contributed by atoms with Crippen molar-refractivity contribution in [2.75, 3.05) is 5.33 Å². The van der Waals surface area contributed by atoms with Crippen molar-refractivity contribution in [1.82, 2.24) is 10.2 Å². The van der Waals surface area contributed by atoms with E-state index >= 15 is 0 Å². The Kier molecular flexibility index (Phi) is 4.25. The number of aromatic nitrogens is 2. The van der Waals surface area contributed by atoms with Gasteiger partial charge in [-0.2, -0.15) is 0 Å². The molecule has 1 aromatic heterocycles. The molecule has 84 valence electrons. The number of hydrogen-bond donors (Lipinski definition) is 4. The molecule has 1 heterocycles. The highest BCUT2D eigenvalue weighted by molar-refractivity contribution is 9.09. The quantitative estimate of drug-likeness (QED) is 0.544. The average molecular weight is 279 g/mol. The van der Waals surface area contributed by atoms with Crippen molar-refractivity contribution in [3.05, 3.63) is 32.3 Å². The summed E-state index contributed by atoms with van der Waals surface area (Å²) in [6, 6.07) is 0.973. The highest BCUT2D eigenvalue weighted by Crippen LogP contribution is 2.14. The lowest BCUT2D eigenvalue weighted by molar-refractivity contribution is 0.0163. The van der Waals surface area contributed by atoms with Crippen molar-refractivity contribution >= 4 is 15.9 Å². The zero-order valence-electron chi connectivity index (χ0n) is 7.74. The first-order valence-corrected chi connectivity index (χ1v) is 5.42. The summed E-state index contributed by atoms with van der Waals surface area (Å²) in [5.41, 5.74) is -1.28. The first-order valence-electron chi connectivity index (χ1n) is 4.30. The molecule has 1 aromatic rings. The molecule has 15 heavy (non-hydrogen) atoms. The topological polar surface area (TPSA) is 106 Å². The molecule has 0 aliphatic carbocycles. The van der Waals surface area contributed by atoms with E-state index in [1.54, 1.807) is 0 Å². The maximum Gasteiger partial charge on any atom is 0.268 e. The average Bonchev–Trinajstić information content (AvgIpc) is 2.21. The van der Waals surface area contributed by atoms with E-state index < -0.39 is 23.3 Å². The lowest BCUT2D eigenvalue weighted by Crippen LogP contribution is -2.29. The van der Waals surface area contributed by atoms with Crippen molar-refractivity contribution in [2.45, 2.75) is 18.6 Å². The van der Waals surface area contributed by atoms with Gasteiger partial charge in [-0.05, 0) is 6.42 Å². The second-order valence-electron chi connectivity index (χ2n) is 3.03. The van der Waals surface area contributed by atoms with Crippen molar-refractivity contribution in [3.63, 3.8) is 0 Å². The first-order chi connectivity index (χ1) is 7.06. The van der Waals surface area contributed by atoms with Gasteiger partial charge in [-0.3, -0.25) is 19.8 Å². The number of halogens is 1. The highest BCUT2D eigenvalue weighted by Gasteiger charge is 2.20. The van der Waals surface area contributed by atoms with Crippen LogP contribution in [0.4, 0.5) is 0 Å². The third-order valence-electron chi connectivity index (χ3n) is 1.94. The van der Waals surface area contributed by atoms with E-state index in [0.29, 0.717) is 5.33 Å². The SMILES string of the molecule is O=c1cc(C(O)C(O)CCBr)c(=O)[nH][nH]1. The molecule has 0 saturated heterocycles. The van der Waals surface area contributed by atoms with Gasteiger partial charge in [0.05, 0.1) is 11.7 Å². The normalized spacial score (nSPS) is 14.9. The summed E-state index contributed by atoms with van der Waals surface area (Å²) in [5, 5.41) is 23.7. The lowest BCUT2D eigenvalue weighted by atomic mass is 10.1. The van der Waals surface area contributed by atoms with Gasteiger partial charge in [0.2, 0.25) is 0 Å². The Morgan fingerprint density at radius 2 is 2.00 bits per heavy atom. The van der Waals surface area contributed by atoms with Crippen LogP contribution in [0.25, 0.3) is 0 Å². The lowest BCUT2D eigenvalue weighted by Gasteiger charge is -2.15. The number of aliphatic hydroxyl groups excluding tert-OH is 2. The molecule has 0 aliphatic rings. The third-order valence-corrected chi connectivity index (χ3v) is 2.39. The molecule has 7 heteroatoms. The Balaban J connectivity index is 3.00. The number of H-pyrrole nitrogens is 2. The van der Waals surface area contributed by atoms with Crippen molar-refractivity contribution in [3.8, 4) is 0 Å². The highest BCUT2D eigenvalue weighted by atomic mass is 79.9. The standard InChI is InChI=1S/C8H11BrN2O4/c9-2-1-5(12)7(14)4-3-6(13)10-11-8(4)15/h3,5,7,12,14H,1-2H2,(H,10,13)(H,11,15). The van der Waals surface area contributed by atoms with Crippen molar-refractivity contribution < 1.29 is 10.2 Å². The van der Waals surface area contributed by atoms with E-state index in [1.165, 1.54) is 0 Å². The second kappa shape index (κ2) is 5.24. The summed E-state index contributed by atoms with van der Waals surface area (Å²) in [4.78, 5) is 22.1. The van der Waals surface area contributed by atoms with Gasteiger partial charge in [0, 0.05) is 11.4 Å². The smallest absolute Gasteiger partial charge is 0.268 e. The molecule has 1 rings (SSSR count). The van der Waals surface area contributed by atoms with Gasteiger partial charge in [-0.1, -0.05) is 15.9 Å². The van der Waals surface area contributed by atoms with E-state index in [9.17, 15) is 19.8 Å². The van der Waals surface area contributed by atoms with E-state index in [-0.39, 0.29) is 12.0 Å². The monoisotopic (exact) mass is 278 g/mol.